The Morgan fingerprint density at radius 3 is 2.56 bits per heavy atom. The van der Waals surface area contributed by atoms with E-state index in [0.29, 0.717) is 18.8 Å². The fourth-order valence-electron chi connectivity index (χ4n) is 1.77. The zero-order valence-electron chi connectivity index (χ0n) is 9.87. The Morgan fingerprint density at radius 2 is 2.06 bits per heavy atom. The smallest absolute Gasteiger partial charge is 0.269 e. The average molecular weight is 251 g/mol. The van der Waals surface area contributed by atoms with Crippen LogP contribution in [0.4, 0.5) is 5.69 Å². The number of ether oxygens (including phenoxy) is 2. The number of nitrogens with zero attached hydrogens (tertiary/aromatic N) is 1. The Morgan fingerprint density at radius 1 is 1.39 bits per heavy atom. The second kappa shape index (κ2) is 5.14. The van der Waals surface area contributed by atoms with E-state index in [1.165, 1.54) is 24.3 Å². The molecule has 6 nitrogen and oxygen atoms in total. The number of Topliss-reactive ketones (excluding diaryl/α,β-unsaturated/α-hetero) is 1. The van der Waals surface area contributed by atoms with Gasteiger partial charge in [0.25, 0.3) is 5.69 Å². The van der Waals surface area contributed by atoms with Crippen LogP contribution in [0.1, 0.15) is 13.3 Å². The SMILES string of the molecule is CCOC1C(=O)CC1Oc1ccc([N+](=O)[O-])cc1. The first-order chi connectivity index (χ1) is 8.61. The molecule has 6 heteroatoms. The first kappa shape index (κ1) is 12.5. The summed E-state index contributed by atoms with van der Waals surface area (Å²) in [6, 6.07) is 5.77. The number of rotatable bonds is 5. The van der Waals surface area contributed by atoms with E-state index in [1.54, 1.807) is 0 Å². The standard InChI is InChI=1S/C12H13NO5/c1-2-17-12-10(14)7-11(12)18-9-5-3-8(4-6-9)13(15)16/h3-6,11-12H,2,7H2,1H3. The molecular formula is C12H13NO5. The Bertz CT molecular complexity index is 456. The van der Waals surface area contributed by atoms with Crippen molar-refractivity contribution in [3.63, 3.8) is 0 Å². The van der Waals surface area contributed by atoms with Crippen molar-refractivity contribution in [3.8, 4) is 5.75 Å². The molecule has 0 bridgehead atoms. The number of ketones is 1. The van der Waals surface area contributed by atoms with Gasteiger partial charge in [-0.3, -0.25) is 14.9 Å². The van der Waals surface area contributed by atoms with Gasteiger partial charge in [-0.2, -0.15) is 0 Å². The van der Waals surface area contributed by atoms with Gasteiger partial charge in [0.2, 0.25) is 0 Å². The second-order valence-corrected chi connectivity index (χ2v) is 3.95. The van der Waals surface area contributed by atoms with Gasteiger partial charge in [-0.1, -0.05) is 0 Å². The molecule has 1 aromatic rings. The predicted octanol–water partition coefficient (Wildman–Crippen LogP) is 1.72. The van der Waals surface area contributed by atoms with Crippen LogP contribution in [-0.4, -0.2) is 29.5 Å². The Balaban J connectivity index is 1.97. The minimum atomic E-state index is -0.509. The van der Waals surface area contributed by atoms with Crippen molar-refractivity contribution in [2.24, 2.45) is 0 Å². The van der Waals surface area contributed by atoms with Crippen LogP contribution in [0.5, 0.6) is 5.75 Å². The maximum absolute atomic E-state index is 11.3. The van der Waals surface area contributed by atoms with Crippen molar-refractivity contribution in [2.45, 2.75) is 25.6 Å². The van der Waals surface area contributed by atoms with Crippen LogP contribution in [0.2, 0.25) is 0 Å². The number of nitro benzene ring substituents is 1. The molecular weight excluding hydrogens is 238 g/mol. The van der Waals surface area contributed by atoms with E-state index in [2.05, 4.69) is 0 Å². The predicted molar refractivity (Wildman–Crippen MR) is 62.6 cm³/mol. The van der Waals surface area contributed by atoms with Crippen molar-refractivity contribution in [1.29, 1.82) is 0 Å². The molecule has 0 aliphatic heterocycles. The van der Waals surface area contributed by atoms with Crippen molar-refractivity contribution in [3.05, 3.63) is 34.4 Å². The molecule has 0 saturated heterocycles. The van der Waals surface area contributed by atoms with Crippen LogP contribution >= 0.6 is 0 Å². The normalized spacial score (nSPS) is 22.4. The van der Waals surface area contributed by atoms with Gasteiger partial charge in [0.1, 0.15) is 11.9 Å². The lowest BCUT2D eigenvalue weighted by atomic mass is 9.90. The number of carbonyl (C=O) groups excluding carboxylic acids is 1. The molecule has 96 valence electrons. The van der Waals surface area contributed by atoms with Crippen LogP contribution in [0.3, 0.4) is 0 Å². The third-order valence-electron chi connectivity index (χ3n) is 2.74. The number of hydrogen-bond donors (Lipinski definition) is 0. The van der Waals surface area contributed by atoms with Gasteiger partial charge in [0.05, 0.1) is 4.92 Å². The van der Waals surface area contributed by atoms with Crippen LogP contribution in [-0.2, 0) is 9.53 Å². The summed E-state index contributed by atoms with van der Waals surface area (Å²) in [7, 11) is 0. The van der Waals surface area contributed by atoms with Crippen molar-refractivity contribution < 1.29 is 19.2 Å². The highest BCUT2D eigenvalue weighted by Crippen LogP contribution is 2.26. The molecule has 2 atom stereocenters. The van der Waals surface area contributed by atoms with Gasteiger partial charge in [-0.25, -0.2) is 0 Å². The zero-order valence-corrected chi connectivity index (χ0v) is 9.87. The van der Waals surface area contributed by atoms with Gasteiger partial charge in [-0.05, 0) is 19.1 Å². The van der Waals surface area contributed by atoms with E-state index in [9.17, 15) is 14.9 Å². The van der Waals surface area contributed by atoms with Crippen molar-refractivity contribution >= 4 is 11.5 Å². The number of nitro groups is 1. The Labute approximate surface area is 104 Å². The highest BCUT2D eigenvalue weighted by Gasteiger charge is 2.42. The van der Waals surface area contributed by atoms with Crippen molar-refractivity contribution in [1.82, 2.24) is 0 Å². The molecule has 0 heterocycles. The van der Waals surface area contributed by atoms with Crippen LogP contribution < -0.4 is 4.74 Å². The molecule has 1 aromatic carbocycles. The van der Waals surface area contributed by atoms with Gasteiger partial charge in [0, 0.05) is 25.2 Å². The lowest BCUT2D eigenvalue weighted by Gasteiger charge is -2.34. The quantitative estimate of drug-likeness (QED) is 0.588. The third-order valence-corrected chi connectivity index (χ3v) is 2.74. The summed E-state index contributed by atoms with van der Waals surface area (Å²) >= 11 is 0. The first-order valence-electron chi connectivity index (χ1n) is 5.67. The lowest BCUT2D eigenvalue weighted by molar-refractivity contribution is -0.384. The first-order valence-corrected chi connectivity index (χ1v) is 5.67. The largest absolute Gasteiger partial charge is 0.487 e. The summed E-state index contributed by atoms with van der Waals surface area (Å²) in [4.78, 5) is 21.3. The number of hydrogen-bond acceptors (Lipinski definition) is 5. The van der Waals surface area contributed by atoms with Crippen molar-refractivity contribution in [2.75, 3.05) is 6.61 Å². The van der Waals surface area contributed by atoms with E-state index in [4.69, 9.17) is 9.47 Å². The minimum Gasteiger partial charge on any atom is -0.487 e. The molecule has 0 N–H and O–H groups in total. The molecule has 1 aliphatic rings. The average Bonchev–Trinajstić information content (AvgIpc) is 2.36. The van der Waals surface area contributed by atoms with E-state index < -0.39 is 11.0 Å². The Kier molecular flexibility index (Phi) is 3.57. The van der Waals surface area contributed by atoms with E-state index in [-0.39, 0.29) is 17.6 Å². The van der Waals surface area contributed by atoms with Crippen LogP contribution in [0.25, 0.3) is 0 Å². The van der Waals surface area contributed by atoms with Gasteiger partial charge in [0.15, 0.2) is 11.9 Å². The number of non-ortho nitro benzene ring substituents is 1. The molecule has 2 unspecified atom stereocenters. The minimum absolute atomic E-state index is 0.00777. The van der Waals surface area contributed by atoms with E-state index >= 15 is 0 Å². The van der Waals surface area contributed by atoms with Crippen LogP contribution in [0, 0.1) is 10.1 Å². The Hall–Kier alpha value is -1.95. The van der Waals surface area contributed by atoms with Gasteiger partial charge in [-0.15, -0.1) is 0 Å². The van der Waals surface area contributed by atoms with Gasteiger partial charge >= 0.3 is 0 Å². The zero-order chi connectivity index (χ0) is 13.1. The monoisotopic (exact) mass is 251 g/mol. The summed E-state index contributed by atoms with van der Waals surface area (Å²) in [6.45, 7) is 2.27. The topological polar surface area (TPSA) is 78.7 Å². The molecule has 0 radical (unpaired) electrons. The highest BCUT2D eigenvalue weighted by atomic mass is 16.6. The van der Waals surface area contributed by atoms with E-state index in [1.807, 2.05) is 6.92 Å². The molecule has 0 aromatic heterocycles. The third kappa shape index (κ3) is 2.48. The molecule has 0 spiro atoms. The summed E-state index contributed by atoms with van der Waals surface area (Å²) in [5.41, 5.74) is 0.00777. The van der Waals surface area contributed by atoms with E-state index in [0.717, 1.165) is 0 Å². The maximum Gasteiger partial charge on any atom is 0.269 e. The fraction of sp³-hybridized carbons (Fsp3) is 0.417. The maximum atomic E-state index is 11.3. The highest BCUT2D eigenvalue weighted by molar-refractivity contribution is 5.90. The number of carbonyl (C=O) groups is 1. The summed E-state index contributed by atoms with van der Waals surface area (Å²) in [5.74, 6) is 0.534. The van der Waals surface area contributed by atoms with Gasteiger partial charge < -0.3 is 9.47 Å². The van der Waals surface area contributed by atoms with Crippen LogP contribution in [0.15, 0.2) is 24.3 Å². The summed E-state index contributed by atoms with van der Waals surface area (Å²) in [6.07, 6.45) is -0.481. The fourth-order valence-corrected chi connectivity index (χ4v) is 1.77. The molecule has 1 fully saturated rings. The summed E-state index contributed by atoms with van der Waals surface area (Å²) in [5, 5.41) is 10.5. The molecule has 1 aliphatic carbocycles. The lowest BCUT2D eigenvalue weighted by Crippen LogP contribution is -2.52. The molecule has 2 rings (SSSR count). The second-order valence-electron chi connectivity index (χ2n) is 3.95. The molecule has 0 amide bonds. The molecule has 18 heavy (non-hydrogen) atoms. The molecule has 1 saturated carbocycles. The number of benzene rings is 1. The summed E-state index contributed by atoms with van der Waals surface area (Å²) < 4.78 is 10.8.